The second-order valence-electron chi connectivity index (χ2n) is 15.6. The maximum atomic E-state index is 13.7. The van der Waals surface area contributed by atoms with Crippen LogP contribution in [0, 0.1) is 50.2 Å². The van der Waals surface area contributed by atoms with Gasteiger partial charge in [0.1, 0.15) is 6.61 Å². The van der Waals surface area contributed by atoms with Crippen LogP contribution in [-0.2, 0) is 9.53 Å². The molecule has 3 nitrogen and oxygen atoms in total. The Morgan fingerprint density at radius 2 is 1.69 bits per heavy atom. The Morgan fingerprint density at radius 1 is 1.00 bits per heavy atom. The molecule has 202 valence electrons. The third kappa shape index (κ3) is 3.36. The summed E-state index contributed by atoms with van der Waals surface area (Å²) >= 11 is 0. The number of carbonyl (C=O) groups is 1. The molecule has 0 amide bonds. The number of fused-ring (bicyclic) bond motifs is 7. The summed E-state index contributed by atoms with van der Waals surface area (Å²) < 4.78 is 5.82. The van der Waals surface area contributed by atoms with Gasteiger partial charge in [-0.2, -0.15) is 0 Å². The average Bonchev–Trinajstić information content (AvgIpc) is 2.80. The first kappa shape index (κ1) is 26.5. The summed E-state index contributed by atoms with van der Waals surface area (Å²) in [5.41, 5.74) is 2.03. The molecule has 0 saturated heterocycles. The van der Waals surface area contributed by atoms with Crippen molar-refractivity contribution in [1.82, 2.24) is 0 Å². The van der Waals surface area contributed by atoms with E-state index in [2.05, 4.69) is 61.1 Å². The fourth-order valence-electron chi connectivity index (χ4n) is 10.9. The minimum absolute atomic E-state index is 0.0246. The molecule has 0 spiro atoms. The highest BCUT2D eigenvalue weighted by Crippen LogP contribution is 2.75. The molecule has 4 saturated carbocycles. The Bertz CT molecular complexity index is 960. The minimum atomic E-state index is -0.370. The molecule has 2 unspecified atom stereocenters. The standard InChI is InChI=1S/C33H52O3/c1-9-20-36-27(35)33-18-16-28(2,3)21-23(33)22-10-11-25-30(6)14-13-26(34)29(4,5)24(30)12-15-32(25,8)31(22,7)17-19-33/h9-10,23-26,34H,1,11-21H2,2-8H3/t23-,24?,25?,26-,30-,31+,32+,33-/m0/s1. The molecule has 5 aliphatic carbocycles. The molecule has 0 bridgehead atoms. The fraction of sp³-hybridized carbons (Fsp3) is 0.848. The number of esters is 1. The number of aliphatic hydroxyl groups is 1. The Hall–Kier alpha value is -1.09. The van der Waals surface area contributed by atoms with Crippen molar-refractivity contribution < 1.29 is 14.6 Å². The van der Waals surface area contributed by atoms with E-state index in [1.165, 1.54) is 12.8 Å². The molecule has 1 N–H and O–H groups in total. The van der Waals surface area contributed by atoms with Crippen molar-refractivity contribution in [3.05, 3.63) is 24.3 Å². The van der Waals surface area contributed by atoms with Gasteiger partial charge in [-0.05, 0) is 109 Å². The third-order valence-corrected chi connectivity index (χ3v) is 13.4. The Morgan fingerprint density at radius 3 is 2.39 bits per heavy atom. The van der Waals surface area contributed by atoms with Crippen molar-refractivity contribution in [3.8, 4) is 0 Å². The SMILES string of the molecule is C=CCOC(=O)[C@]12CCC(C)(C)C[C@H]1C1=CCC3[C@@]4(C)CC[C@H](O)C(C)(C)C4CC[C@@]3(C)[C@]1(C)CC2. The summed E-state index contributed by atoms with van der Waals surface area (Å²) in [5.74, 6) is 1.50. The summed E-state index contributed by atoms with van der Waals surface area (Å²) in [6.07, 6.45) is 14.9. The molecule has 5 rings (SSSR count). The Balaban J connectivity index is 1.57. The van der Waals surface area contributed by atoms with Crippen LogP contribution < -0.4 is 0 Å². The van der Waals surface area contributed by atoms with Crippen LogP contribution in [0.3, 0.4) is 0 Å². The largest absolute Gasteiger partial charge is 0.461 e. The summed E-state index contributed by atoms with van der Waals surface area (Å²) in [7, 11) is 0. The van der Waals surface area contributed by atoms with E-state index < -0.39 is 0 Å². The van der Waals surface area contributed by atoms with Gasteiger partial charge in [-0.1, -0.05) is 72.8 Å². The molecule has 0 aromatic heterocycles. The molecule has 0 radical (unpaired) electrons. The van der Waals surface area contributed by atoms with Gasteiger partial charge in [0, 0.05) is 0 Å². The quantitative estimate of drug-likeness (QED) is 0.319. The van der Waals surface area contributed by atoms with Gasteiger partial charge in [0.25, 0.3) is 0 Å². The van der Waals surface area contributed by atoms with Crippen LogP contribution in [0.15, 0.2) is 24.3 Å². The van der Waals surface area contributed by atoms with Gasteiger partial charge in [-0.15, -0.1) is 0 Å². The first-order valence-corrected chi connectivity index (χ1v) is 14.8. The van der Waals surface area contributed by atoms with Gasteiger partial charge in [0.05, 0.1) is 11.5 Å². The monoisotopic (exact) mass is 496 g/mol. The summed E-state index contributed by atoms with van der Waals surface area (Å²) in [6.45, 7) is 21.3. The lowest BCUT2D eigenvalue weighted by Crippen LogP contribution is -2.65. The van der Waals surface area contributed by atoms with E-state index in [4.69, 9.17) is 4.74 Å². The molecule has 36 heavy (non-hydrogen) atoms. The zero-order chi connectivity index (χ0) is 26.4. The van der Waals surface area contributed by atoms with E-state index in [1.54, 1.807) is 11.6 Å². The maximum Gasteiger partial charge on any atom is 0.312 e. The zero-order valence-corrected chi connectivity index (χ0v) is 24.2. The lowest BCUT2D eigenvalue weighted by atomic mass is 9.33. The minimum Gasteiger partial charge on any atom is -0.461 e. The number of allylic oxidation sites excluding steroid dienone is 2. The van der Waals surface area contributed by atoms with E-state index in [9.17, 15) is 9.90 Å². The van der Waals surface area contributed by atoms with Gasteiger partial charge < -0.3 is 9.84 Å². The average molecular weight is 497 g/mol. The molecular formula is C33H52O3. The van der Waals surface area contributed by atoms with Gasteiger partial charge >= 0.3 is 5.97 Å². The number of aliphatic hydroxyl groups excluding tert-OH is 1. The van der Waals surface area contributed by atoms with Crippen LogP contribution in [-0.4, -0.2) is 23.8 Å². The number of hydrogen-bond acceptors (Lipinski definition) is 3. The molecule has 0 aliphatic heterocycles. The van der Waals surface area contributed by atoms with Crippen LogP contribution in [0.25, 0.3) is 0 Å². The topological polar surface area (TPSA) is 46.5 Å². The van der Waals surface area contributed by atoms with Crippen molar-refractivity contribution in [2.75, 3.05) is 6.61 Å². The maximum absolute atomic E-state index is 13.7. The molecule has 3 heteroatoms. The molecule has 5 aliphatic rings. The number of carbonyl (C=O) groups excluding carboxylic acids is 1. The molecule has 0 aromatic rings. The van der Waals surface area contributed by atoms with Crippen molar-refractivity contribution >= 4 is 5.97 Å². The van der Waals surface area contributed by atoms with E-state index in [0.717, 1.165) is 51.4 Å². The first-order valence-electron chi connectivity index (χ1n) is 14.8. The van der Waals surface area contributed by atoms with E-state index in [0.29, 0.717) is 18.4 Å². The van der Waals surface area contributed by atoms with Crippen molar-refractivity contribution in [1.29, 1.82) is 0 Å². The van der Waals surface area contributed by atoms with Gasteiger partial charge in [-0.25, -0.2) is 0 Å². The normalized spacial score (nSPS) is 48.8. The molecular weight excluding hydrogens is 444 g/mol. The molecule has 0 aromatic carbocycles. The lowest BCUT2D eigenvalue weighted by molar-refractivity contribution is -0.206. The summed E-state index contributed by atoms with van der Waals surface area (Å²) in [5, 5.41) is 10.9. The second kappa shape index (κ2) is 8.20. The van der Waals surface area contributed by atoms with Crippen LogP contribution in [0.2, 0.25) is 0 Å². The smallest absolute Gasteiger partial charge is 0.312 e. The summed E-state index contributed by atoms with van der Waals surface area (Å²) in [4.78, 5) is 13.7. The van der Waals surface area contributed by atoms with Crippen LogP contribution in [0.1, 0.15) is 113 Å². The number of rotatable bonds is 3. The van der Waals surface area contributed by atoms with E-state index in [-0.39, 0.29) is 50.5 Å². The Kier molecular flexibility index (Phi) is 6.04. The molecule has 8 atom stereocenters. The van der Waals surface area contributed by atoms with E-state index >= 15 is 0 Å². The van der Waals surface area contributed by atoms with E-state index in [1.807, 2.05) is 0 Å². The third-order valence-electron chi connectivity index (χ3n) is 13.4. The number of ether oxygens (including phenoxy) is 1. The predicted molar refractivity (Wildman–Crippen MR) is 146 cm³/mol. The van der Waals surface area contributed by atoms with Gasteiger partial charge in [-0.3, -0.25) is 4.79 Å². The predicted octanol–water partition coefficient (Wildman–Crippen LogP) is 7.88. The van der Waals surface area contributed by atoms with Crippen LogP contribution in [0.4, 0.5) is 0 Å². The molecule has 0 heterocycles. The van der Waals surface area contributed by atoms with Crippen molar-refractivity contribution in [2.24, 2.45) is 50.2 Å². The highest BCUT2D eigenvalue weighted by Gasteiger charge is 2.69. The number of hydrogen-bond donors (Lipinski definition) is 1. The fourth-order valence-corrected chi connectivity index (χ4v) is 10.9. The van der Waals surface area contributed by atoms with Crippen LogP contribution in [0.5, 0.6) is 0 Å². The van der Waals surface area contributed by atoms with Crippen molar-refractivity contribution in [3.63, 3.8) is 0 Å². The second-order valence-corrected chi connectivity index (χ2v) is 15.6. The lowest BCUT2D eigenvalue weighted by Gasteiger charge is -2.71. The zero-order valence-electron chi connectivity index (χ0n) is 24.2. The summed E-state index contributed by atoms with van der Waals surface area (Å²) in [6, 6.07) is 0. The highest BCUT2D eigenvalue weighted by atomic mass is 16.5. The first-order chi connectivity index (χ1) is 16.7. The Labute approximate surface area is 220 Å². The van der Waals surface area contributed by atoms with Crippen LogP contribution >= 0.6 is 0 Å². The molecule has 4 fully saturated rings. The highest BCUT2D eigenvalue weighted by molar-refractivity contribution is 5.79. The van der Waals surface area contributed by atoms with Crippen molar-refractivity contribution in [2.45, 2.75) is 119 Å². The van der Waals surface area contributed by atoms with Gasteiger partial charge in [0.2, 0.25) is 0 Å². The van der Waals surface area contributed by atoms with Gasteiger partial charge in [0.15, 0.2) is 0 Å².